The number of hydrogen-bond donors (Lipinski definition) is 0. The zero-order valence-electron chi connectivity index (χ0n) is 17.5. The molecule has 3 heterocycles. The van der Waals surface area contributed by atoms with Gasteiger partial charge in [0.2, 0.25) is 17.5 Å². The van der Waals surface area contributed by atoms with Crippen LogP contribution in [-0.4, -0.2) is 55.0 Å². The van der Waals surface area contributed by atoms with E-state index in [0.717, 1.165) is 0 Å². The predicted molar refractivity (Wildman–Crippen MR) is 107 cm³/mol. The van der Waals surface area contributed by atoms with Crippen molar-refractivity contribution < 1.29 is 23.2 Å². The van der Waals surface area contributed by atoms with Gasteiger partial charge in [0.05, 0.1) is 19.3 Å². The highest BCUT2D eigenvalue weighted by atomic mass is 16.5. The molecular formula is C21H26N4O5. The topological polar surface area (TPSA) is 113 Å². The summed E-state index contributed by atoms with van der Waals surface area (Å²) in [5.41, 5.74) is 0.202. The van der Waals surface area contributed by atoms with Crippen molar-refractivity contribution in [3.05, 3.63) is 24.1 Å². The van der Waals surface area contributed by atoms with Crippen molar-refractivity contribution in [3.63, 3.8) is 0 Å². The molecule has 1 amide bonds. The third-order valence-corrected chi connectivity index (χ3v) is 5.37. The molecule has 2 aromatic heterocycles. The van der Waals surface area contributed by atoms with Crippen LogP contribution in [0.2, 0.25) is 0 Å². The fourth-order valence-corrected chi connectivity index (χ4v) is 3.67. The molecule has 0 bridgehead atoms. The SMILES string of the molecule is CCN(CC(C)C(=O)OC)C(=O)C1CCN(c2oc(-c3ccco3)nc2C#N)CC1. The van der Waals surface area contributed by atoms with Crippen LogP contribution >= 0.6 is 0 Å². The lowest BCUT2D eigenvalue weighted by molar-refractivity contribution is -0.147. The summed E-state index contributed by atoms with van der Waals surface area (Å²) in [6.07, 6.45) is 2.77. The van der Waals surface area contributed by atoms with Crippen molar-refractivity contribution in [2.24, 2.45) is 11.8 Å². The molecule has 2 aromatic rings. The predicted octanol–water partition coefficient (Wildman–Crippen LogP) is 2.68. The lowest BCUT2D eigenvalue weighted by atomic mass is 9.94. The molecule has 1 aliphatic heterocycles. The standard InChI is InChI=1S/C21H26N4O5/c1-4-24(13-14(2)21(27)28-3)19(26)15-7-9-25(10-8-15)20-16(12-22)23-18(30-20)17-6-5-11-29-17/h5-6,11,14-15H,4,7-10,13H2,1-3H3. The highest BCUT2D eigenvalue weighted by Crippen LogP contribution is 2.31. The molecule has 0 radical (unpaired) electrons. The quantitative estimate of drug-likeness (QED) is 0.636. The smallest absolute Gasteiger partial charge is 0.310 e. The number of furan rings is 1. The van der Waals surface area contributed by atoms with Crippen LogP contribution in [0.3, 0.4) is 0 Å². The van der Waals surface area contributed by atoms with E-state index >= 15 is 0 Å². The molecule has 1 atom stereocenters. The zero-order chi connectivity index (χ0) is 21.7. The first kappa shape index (κ1) is 21.4. The number of piperidine rings is 1. The number of hydrogen-bond acceptors (Lipinski definition) is 8. The van der Waals surface area contributed by atoms with E-state index in [4.69, 9.17) is 13.6 Å². The summed E-state index contributed by atoms with van der Waals surface area (Å²) < 4.78 is 15.9. The summed E-state index contributed by atoms with van der Waals surface area (Å²) in [5.74, 6) is 0.344. The number of carbonyl (C=O) groups is 2. The highest BCUT2D eigenvalue weighted by molar-refractivity contribution is 5.80. The van der Waals surface area contributed by atoms with Crippen molar-refractivity contribution >= 4 is 17.8 Å². The Morgan fingerprint density at radius 2 is 2.17 bits per heavy atom. The number of nitriles is 1. The fourth-order valence-electron chi connectivity index (χ4n) is 3.67. The Bertz CT molecular complexity index is 906. The second-order valence-corrected chi connectivity index (χ2v) is 7.32. The van der Waals surface area contributed by atoms with Gasteiger partial charge in [0.15, 0.2) is 5.76 Å². The Kier molecular flexibility index (Phi) is 6.77. The van der Waals surface area contributed by atoms with Crippen LogP contribution in [0.1, 0.15) is 32.4 Å². The Morgan fingerprint density at radius 3 is 2.73 bits per heavy atom. The minimum atomic E-state index is -0.369. The van der Waals surface area contributed by atoms with E-state index in [9.17, 15) is 14.9 Å². The first-order valence-corrected chi connectivity index (χ1v) is 10.0. The Balaban J connectivity index is 1.64. The average molecular weight is 414 g/mol. The number of aromatic nitrogens is 1. The monoisotopic (exact) mass is 414 g/mol. The van der Waals surface area contributed by atoms with Crippen LogP contribution in [0, 0.1) is 23.2 Å². The van der Waals surface area contributed by atoms with Crippen LogP contribution in [0.4, 0.5) is 5.88 Å². The second kappa shape index (κ2) is 9.48. The molecule has 0 saturated carbocycles. The molecule has 1 unspecified atom stereocenters. The van der Waals surface area contributed by atoms with Gasteiger partial charge in [0.1, 0.15) is 6.07 Å². The van der Waals surface area contributed by atoms with Crippen LogP contribution in [-0.2, 0) is 14.3 Å². The Hall–Kier alpha value is -3.28. The lowest BCUT2D eigenvalue weighted by Gasteiger charge is -2.34. The van der Waals surface area contributed by atoms with E-state index in [1.54, 1.807) is 24.0 Å². The fraction of sp³-hybridized carbons (Fsp3) is 0.524. The van der Waals surface area contributed by atoms with Gasteiger partial charge in [-0.1, -0.05) is 6.92 Å². The second-order valence-electron chi connectivity index (χ2n) is 7.32. The molecule has 160 valence electrons. The van der Waals surface area contributed by atoms with Crippen LogP contribution in [0.25, 0.3) is 11.7 Å². The van der Waals surface area contributed by atoms with Crippen LogP contribution in [0.15, 0.2) is 27.2 Å². The zero-order valence-corrected chi connectivity index (χ0v) is 17.5. The molecular weight excluding hydrogens is 388 g/mol. The van der Waals surface area contributed by atoms with Crippen molar-refractivity contribution in [2.75, 3.05) is 38.2 Å². The highest BCUT2D eigenvalue weighted by Gasteiger charge is 2.32. The number of anilines is 1. The number of carbonyl (C=O) groups excluding carboxylic acids is 2. The largest absolute Gasteiger partial charge is 0.469 e. The summed E-state index contributed by atoms with van der Waals surface area (Å²) in [7, 11) is 1.35. The maximum absolute atomic E-state index is 13.0. The van der Waals surface area contributed by atoms with Gasteiger partial charge in [-0.05, 0) is 31.9 Å². The minimum absolute atomic E-state index is 0.0438. The number of nitrogens with zero attached hydrogens (tertiary/aromatic N) is 4. The third kappa shape index (κ3) is 4.48. The van der Waals surface area contributed by atoms with E-state index in [0.29, 0.717) is 50.7 Å². The molecule has 9 heteroatoms. The Labute approximate surface area is 175 Å². The lowest BCUT2D eigenvalue weighted by Crippen LogP contribution is -2.44. The third-order valence-electron chi connectivity index (χ3n) is 5.37. The van der Waals surface area contributed by atoms with Crippen LogP contribution < -0.4 is 4.90 Å². The summed E-state index contributed by atoms with van der Waals surface area (Å²) in [6, 6.07) is 5.51. The molecule has 1 aliphatic rings. The van der Waals surface area contributed by atoms with E-state index < -0.39 is 0 Å². The number of rotatable bonds is 7. The summed E-state index contributed by atoms with van der Waals surface area (Å²) in [4.78, 5) is 32.5. The number of oxazole rings is 1. The average Bonchev–Trinajstić information content (AvgIpc) is 3.46. The molecule has 1 saturated heterocycles. The van der Waals surface area contributed by atoms with E-state index in [-0.39, 0.29) is 35.3 Å². The molecule has 0 aromatic carbocycles. The van der Waals surface area contributed by atoms with Crippen LogP contribution in [0.5, 0.6) is 0 Å². The summed E-state index contributed by atoms with van der Waals surface area (Å²) >= 11 is 0. The molecule has 0 spiro atoms. The van der Waals surface area contributed by atoms with Gasteiger partial charge in [0, 0.05) is 32.1 Å². The van der Waals surface area contributed by atoms with Gasteiger partial charge in [-0.3, -0.25) is 9.59 Å². The number of esters is 1. The molecule has 0 aliphatic carbocycles. The van der Waals surface area contributed by atoms with Gasteiger partial charge < -0.3 is 23.4 Å². The summed E-state index contributed by atoms with van der Waals surface area (Å²) in [6.45, 7) is 5.68. The first-order chi connectivity index (χ1) is 14.5. The molecule has 0 N–H and O–H groups in total. The van der Waals surface area contributed by atoms with Gasteiger partial charge in [-0.2, -0.15) is 10.2 Å². The maximum Gasteiger partial charge on any atom is 0.310 e. The Morgan fingerprint density at radius 1 is 1.43 bits per heavy atom. The molecule has 30 heavy (non-hydrogen) atoms. The summed E-state index contributed by atoms with van der Waals surface area (Å²) in [5, 5.41) is 9.43. The molecule has 9 nitrogen and oxygen atoms in total. The van der Waals surface area contributed by atoms with Crippen molar-refractivity contribution in [1.29, 1.82) is 5.26 Å². The van der Waals surface area contributed by atoms with Crippen molar-refractivity contribution in [1.82, 2.24) is 9.88 Å². The normalized spacial score (nSPS) is 15.5. The van der Waals surface area contributed by atoms with Crippen molar-refractivity contribution in [3.8, 4) is 17.7 Å². The van der Waals surface area contributed by atoms with Gasteiger partial charge in [0.25, 0.3) is 5.89 Å². The van der Waals surface area contributed by atoms with Gasteiger partial charge >= 0.3 is 5.97 Å². The number of methoxy groups -OCH3 is 1. The van der Waals surface area contributed by atoms with Gasteiger partial charge in [-0.15, -0.1) is 0 Å². The van der Waals surface area contributed by atoms with E-state index in [2.05, 4.69) is 11.1 Å². The van der Waals surface area contributed by atoms with E-state index in [1.807, 2.05) is 11.8 Å². The van der Waals surface area contributed by atoms with Gasteiger partial charge in [-0.25, -0.2) is 0 Å². The minimum Gasteiger partial charge on any atom is -0.469 e. The maximum atomic E-state index is 13.0. The van der Waals surface area contributed by atoms with E-state index in [1.165, 1.54) is 13.4 Å². The number of amides is 1. The molecule has 3 rings (SSSR count). The van der Waals surface area contributed by atoms with Crippen molar-refractivity contribution in [2.45, 2.75) is 26.7 Å². The molecule has 1 fully saturated rings. The number of ether oxygens (including phenoxy) is 1. The first-order valence-electron chi connectivity index (χ1n) is 10.0.